The lowest BCUT2D eigenvalue weighted by molar-refractivity contribution is 0.263. The standard InChI is InChI=1S/C17H22ClNO2/c1-12-5-8-16(15(18)9-12)20-11-14-7-6-13(21-14)10-19-17(2,3)4/h5-9,19H,10-11H2,1-4H3. The Labute approximate surface area is 131 Å². The highest BCUT2D eigenvalue weighted by Crippen LogP contribution is 2.26. The van der Waals surface area contributed by atoms with Crippen LogP contribution in [-0.4, -0.2) is 5.54 Å². The number of furan rings is 1. The molecular weight excluding hydrogens is 286 g/mol. The van der Waals surface area contributed by atoms with Crippen LogP contribution in [0.1, 0.15) is 37.9 Å². The Bertz CT molecular complexity index is 599. The van der Waals surface area contributed by atoms with Crippen LogP contribution in [0.15, 0.2) is 34.7 Å². The summed E-state index contributed by atoms with van der Waals surface area (Å²) < 4.78 is 11.4. The van der Waals surface area contributed by atoms with Crippen molar-refractivity contribution in [1.29, 1.82) is 0 Å². The van der Waals surface area contributed by atoms with Crippen LogP contribution in [-0.2, 0) is 13.2 Å². The molecule has 0 spiro atoms. The van der Waals surface area contributed by atoms with Gasteiger partial charge in [0.2, 0.25) is 0 Å². The molecule has 1 aromatic carbocycles. The summed E-state index contributed by atoms with van der Waals surface area (Å²) in [6, 6.07) is 9.64. The van der Waals surface area contributed by atoms with Crippen molar-refractivity contribution in [2.24, 2.45) is 0 Å². The lowest BCUT2D eigenvalue weighted by atomic mass is 10.1. The van der Waals surface area contributed by atoms with Gasteiger partial charge in [0.25, 0.3) is 0 Å². The van der Waals surface area contributed by atoms with Gasteiger partial charge < -0.3 is 14.5 Å². The van der Waals surface area contributed by atoms with Crippen molar-refractivity contribution in [3.8, 4) is 5.75 Å². The highest BCUT2D eigenvalue weighted by Gasteiger charge is 2.11. The van der Waals surface area contributed by atoms with Crippen LogP contribution in [0, 0.1) is 6.92 Å². The Morgan fingerprint density at radius 3 is 2.52 bits per heavy atom. The maximum absolute atomic E-state index is 6.14. The summed E-state index contributed by atoms with van der Waals surface area (Å²) >= 11 is 6.14. The first-order valence-electron chi connectivity index (χ1n) is 7.05. The zero-order valence-corrected chi connectivity index (χ0v) is 13.8. The Morgan fingerprint density at radius 1 is 1.14 bits per heavy atom. The average molecular weight is 308 g/mol. The minimum absolute atomic E-state index is 0.0683. The summed E-state index contributed by atoms with van der Waals surface area (Å²) in [7, 11) is 0. The molecule has 1 aromatic heterocycles. The van der Waals surface area contributed by atoms with E-state index in [4.69, 9.17) is 20.8 Å². The highest BCUT2D eigenvalue weighted by atomic mass is 35.5. The smallest absolute Gasteiger partial charge is 0.146 e. The summed E-state index contributed by atoms with van der Waals surface area (Å²) in [6.45, 7) is 9.45. The number of nitrogens with one attached hydrogen (secondary N) is 1. The van der Waals surface area contributed by atoms with E-state index in [0.717, 1.165) is 17.1 Å². The van der Waals surface area contributed by atoms with Crippen molar-refractivity contribution < 1.29 is 9.15 Å². The minimum Gasteiger partial charge on any atom is -0.484 e. The zero-order chi connectivity index (χ0) is 15.5. The Kier molecular flexibility index (Phi) is 4.96. The molecule has 0 aliphatic rings. The zero-order valence-electron chi connectivity index (χ0n) is 13.0. The maximum Gasteiger partial charge on any atom is 0.146 e. The minimum atomic E-state index is 0.0683. The van der Waals surface area contributed by atoms with Crippen molar-refractivity contribution in [2.75, 3.05) is 0 Å². The number of rotatable bonds is 5. The van der Waals surface area contributed by atoms with Crippen LogP contribution < -0.4 is 10.1 Å². The molecule has 2 aromatic rings. The van der Waals surface area contributed by atoms with Crippen LogP contribution in [0.3, 0.4) is 0 Å². The number of benzene rings is 1. The summed E-state index contributed by atoms with van der Waals surface area (Å²) in [5.41, 5.74) is 1.18. The molecule has 0 aliphatic carbocycles. The predicted octanol–water partition coefficient (Wildman–Crippen LogP) is 4.71. The number of hydrogen-bond acceptors (Lipinski definition) is 3. The lowest BCUT2D eigenvalue weighted by Gasteiger charge is -2.19. The molecule has 0 bridgehead atoms. The normalized spacial score (nSPS) is 11.7. The van der Waals surface area contributed by atoms with Gasteiger partial charge in [-0.3, -0.25) is 0 Å². The van der Waals surface area contributed by atoms with Gasteiger partial charge >= 0.3 is 0 Å². The Morgan fingerprint density at radius 2 is 1.86 bits per heavy atom. The number of ether oxygens (including phenoxy) is 1. The second-order valence-corrected chi connectivity index (χ2v) is 6.60. The van der Waals surface area contributed by atoms with Gasteiger partial charge in [-0.2, -0.15) is 0 Å². The maximum atomic E-state index is 6.14. The van der Waals surface area contributed by atoms with Gasteiger partial charge in [0, 0.05) is 5.54 Å². The van der Waals surface area contributed by atoms with Crippen molar-refractivity contribution in [3.05, 3.63) is 52.4 Å². The van der Waals surface area contributed by atoms with Crippen molar-refractivity contribution in [2.45, 2.75) is 46.4 Å². The molecule has 0 saturated heterocycles. The van der Waals surface area contributed by atoms with Gasteiger partial charge in [0.05, 0.1) is 11.6 Å². The van der Waals surface area contributed by atoms with E-state index in [2.05, 4.69) is 26.1 Å². The quantitative estimate of drug-likeness (QED) is 0.868. The fourth-order valence-corrected chi connectivity index (χ4v) is 2.11. The van der Waals surface area contributed by atoms with E-state index >= 15 is 0 Å². The highest BCUT2D eigenvalue weighted by molar-refractivity contribution is 6.32. The van der Waals surface area contributed by atoms with E-state index < -0.39 is 0 Å². The molecule has 0 unspecified atom stereocenters. The summed E-state index contributed by atoms with van der Waals surface area (Å²) in [4.78, 5) is 0. The molecule has 1 N–H and O–H groups in total. The predicted molar refractivity (Wildman–Crippen MR) is 85.8 cm³/mol. The first-order chi connectivity index (χ1) is 9.83. The Balaban J connectivity index is 1.90. The average Bonchev–Trinajstić information content (AvgIpc) is 2.82. The molecule has 1 heterocycles. The van der Waals surface area contributed by atoms with Gasteiger partial charge in [-0.1, -0.05) is 17.7 Å². The topological polar surface area (TPSA) is 34.4 Å². The van der Waals surface area contributed by atoms with E-state index in [9.17, 15) is 0 Å². The van der Waals surface area contributed by atoms with Crippen LogP contribution in [0.4, 0.5) is 0 Å². The van der Waals surface area contributed by atoms with Gasteiger partial charge in [-0.15, -0.1) is 0 Å². The third kappa shape index (κ3) is 5.10. The molecule has 4 heteroatoms. The van der Waals surface area contributed by atoms with E-state index in [1.165, 1.54) is 0 Å². The second kappa shape index (κ2) is 6.54. The largest absolute Gasteiger partial charge is 0.484 e. The molecule has 0 saturated carbocycles. The molecule has 3 nitrogen and oxygen atoms in total. The molecule has 0 radical (unpaired) electrons. The van der Waals surface area contributed by atoms with Crippen molar-refractivity contribution in [1.82, 2.24) is 5.32 Å². The van der Waals surface area contributed by atoms with Crippen LogP contribution in [0.25, 0.3) is 0 Å². The molecule has 114 valence electrons. The first kappa shape index (κ1) is 15.9. The second-order valence-electron chi connectivity index (χ2n) is 6.19. The third-order valence-electron chi connectivity index (χ3n) is 2.97. The Hall–Kier alpha value is -1.45. The summed E-state index contributed by atoms with van der Waals surface area (Å²) in [6.07, 6.45) is 0. The number of aryl methyl sites for hydroxylation is 1. The van der Waals surface area contributed by atoms with Crippen LogP contribution in [0.2, 0.25) is 5.02 Å². The van der Waals surface area contributed by atoms with Gasteiger partial charge in [0.1, 0.15) is 23.9 Å². The lowest BCUT2D eigenvalue weighted by Crippen LogP contribution is -2.34. The molecule has 2 rings (SSSR count). The SMILES string of the molecule is Cc1ccc(OCc2ccc(CNC(C)(C)C)o2)c(Cl)c1. The van der Waals surface area contributed by atoms with Crippen molar-refractivity contribution in [3.63, 3.8) is 0 Å². The number of hydrogen-bond donors (Lipinski definition) is 1. The molecule has 0 fully saturated rings. The number of halogens is 1. The third-order valence-corrected chi connectivity index (χ3v) is 3.26. The van der Waals surface area contributed by atoms with Gasteiger partial charge in [-0.05, 0) is 57.5 Å². The van der Waals surface area contributed by atoms with Crippen LogP contribution in [0.5, 0.6) is 5.75 Å². The monoisotopic (exact) mass is 307 g/mol. The van der Waals surface area contributed by atoms with E-state index in [1.807, 2.05) is 37.3 Å². The summed E-state index contributed by atoms with van der Waals surface area (Å²) in [5, 5.41) is 4.01. The molecule has 21 heavy (non-hydrogen) atoms. The van der Waals surface area contributed by atoms with E-state index in [0.29, 0.717) is 23.9 Å². The fourth-order valence-electron chi connectivity index (χ4n) is 1.82. The fraction of sp³-hybridized carbons (Fsp3) is 0.412. The summed E-state index contributed by atoms with van der Waals surface area (Å²) in [5.74, 6) is 2.36. The molecule has 0 atom stereocenters. The van der Waals surface area contributed by atoms with E-state index in [1.54, 1.807) is 0 Å². The van der Waals surface area contributed by atoms with E-state index in [-0.39, 0.29) is 5.54 Å². The van der Waals surface area contributed by atoms with Crippen molar-refractivity contribution >= 4 is 11.6 Å². The molecule has 0 aliphatic heterocycles. The first-order valence-corrected chi connectivity index (χ1v) is 7.43. The van der Waals surface area contributed by atoms with Crippen LogP contribution >= 0.6 is 11.6 Å². The van der Waals surface area contributed by atoms with Gasteiger partial charge in [0.15, 0.2) is 0 Å². The molecular formula is C17H22ClNO2. The molecule has 0 amide bonds. The van der Waals surface area contributed by atoms with Gasteiger partial charge in [-0.25, -0.2) is 0 Å².